The molecule has 19 N–H and O–H groups in total. The summed E-state index contributed by atoms with van der Waals surface area (Å²) in [6.07, 6.45) is -0.256. The van der Waals surface area contributed by atoms with Gasteiger partial charge < -0.3 is 95.0 Å². The molecule has 12 atom stereocenters. The summed E-state index contributed by atoms with van der Waals surface area (Å²) < 4.78 is 10.6. The number of nitrogens with one attached hydrogen (secondary N) is 9. The number of aliphatic hydroxyl groups excluding tert-OH is 3. The molecular formula is C51H85ClN12O18. The van der Waals surface area contributed by atoms with Gasteiger partial charge in [0.2, 0.25) is 53.4 Å². The van der Waals surface area contributed by atoms with Crippen molar-refractivity contribution in [3.8, 4) is 0 Å². The van der Waals surface area contributed by atoms with Gasteiger partial charge in [0, 0.05) is 0 Å². The minimum atomic E-state index is -2.85. The van der Waals surface area contributed by atoms with Crippen molar-refractivity contribution in [3.05, 3.63) is 11.8 Å². The highest BCUT2D eigenvalue weighted by molar-refractivity contribution is 6.18. The van der Waals surface area contributed by atoms with Gasteiger partial charge in [-0.1, -0.05) is 70.8 Å². The van der Waals surface area contributed by atoms with E-state index in [1.807, 2.05) is 10.6 Å². The van der Waals surface area contributed by atoms with Gasteiger partial charge in [-0.05, 0) is 72.0 Å². The van der Waals surface area contributed by atoms with Gasteiger partial charge >= 0.3 is 17.9 Å². The zero-order chi connectivity index (χ0) is 61.5. The van der Waals surface area contributed by atoms with Crippen LogP contribution in [-0.4, -0.2) is 196 Å². The quantitative estimate of drug-likeness (QED) is 0.0177. The fourth-order valence-corrected chi connectivity index (χ4v) is 8.70. The summed E-state index contributed by atoms with van der Waals surface area (Å²) >= 11 is 5.92. The maximum Gasteiger partial charge on any atom is 0.347 e. The van der Waals surface area contributed by atoms with Crippen molar-refractivity contribution in [1.29, 1.82) is 0 Å². The van der Waals surface area contributed by atoms with Crippen LogP contribution < -0.4 is 65.1 Å². The highest BCUT2D eigenvalue weighted by atomic mass is 35.5. The van der Waals surface area contributed by atoms with E-state index in [9.17, 15) is 78.0 Å². The van der Waals surface area contributed by atoms with Gasteiger partial charge in [-0.2, -0.15) is 0 Å². The normalized spacial score (nSPS) is 26.0. The van der Waals surface area contributed by atoms with E-state index in [0.717, 1.165) is 64.4 Å². The molecule has 0 radical (unpaired) electrons. The first kappa shape index (κ1) is 71.5. The van der Waals surface area contributed by atoms with E-state index in [2.05, 4.69) is 44.1 Å². The Labute approximate surface area is 480 Å². The molecule has 2 rings (SSSR count). The Hall–Kier alpha value is -6.57. The van der Waals surface area contributed by atoms with Crippen LogP contribution in [0.3, 0.4) is 0 Å². The highest BCUT2D eigenvalue weighted by Gasteiger charge is 2.44. The third-order valence-corrected chi connectivity index (χ3v) is 13.5. The Kier molecular flexibility index (Phi) is 33.4. The minimum absolute atomic E-state index is 0.115. The van der Waals surface area contributed by atoms with Crippen molar-refractivity contribution in [1.82, 2.24) is 47.9 Å². The van der Waals surface area contributed by atoms with Crippen LogP contribution in [0.5, 0.6) is 0 Å². The summed E-state index contributed by atoms with van der Waals surface area (Å²) in [6.45, 7) is 2.78. The number of cyclic esters (lactones) is 1. The van der Waals surface area contributed by atoms with Crippen molar-refractivity contribution in [2.75, 3.05) is 32.1 Å². The number of nitrogens with two attached hydrogens (primary N) is 3. The molecule has 9 amide bonds. The van der Waals surface area contributed by atoms with E-state index >= 15 is 0 Å². The van der Waals surface area contributed by atoms with Crippen LogP contribution in [0.2, 0.25) is 0 Å². The number of hydrogen-bond donors (Lipinski definition) is 16. The number of halogens is 1. The van der Waals surface area contributed by atoms with E-state index in [0.29, 0.717) is 6.42 Å². The fourth-order valence-electron chi connectivity index (χ4n) is 8.52. The van der Waals surface area contributed by atoms with Crippen LogP contribution in [0.25, 0.3) is 0 Å². The lowest BCUT2D eigenvalue weighted by Crippen LogP contribution is -2.63. The van der Waals surface area contributed by atoms with Crippen LogP contribution in [0.1, 0.15) is 130 Å². The van der Waals surface area contributed by atoms with Crippen LogP contribution >= 0.6 is 11.6 Å². The summed E-state index contributed by atoms with van der Waals surface area (Å²) in [7, 11) is 0. The maximum absolute atomic E-state index is 14.4. The summed E-state index contributed by atoms with van der Waals surface area (Å²) in [5.74, 6) is -17.8. The first-order chi connectivity index (χ1) is 39.0. The lowest BCUT2D eigenvalue weighted by Gasteiger charge is -2.30. The number of rotatable bonds is 25. The second-order valence-electron chi connectivity index (χ2n) is 19.9. The Bertz CT molecular complexity index is 2210. The minimum Gasteiger partial charge on any atom is -0.478 e. The van der Waals surface area contributed by atoms with Crippen LogP contribution in [0.15, 0.2) is 11.8 Å². The predicted octanol–water partition coefficient (Wildman–Crippen LogP) is -4.68. The number of allylic oxidation sites excluding steroid dienone is 1. The molecule has 2 heterocycles. The first-order valence-electron chi connectivity index (χ1n) is 27.7. The highest BCUT2D eigenvalue weighted by Crippen LogP contribution is 2.15. The number of carboxylic acids is 1. The number of esters is 2. The summed E-state index contributed by atoms with van der Waals surface area (Å²) in [6, 6.07) is -16.0. The number of ether oxygens (including phenoxy) is 2. The van der Waals surface area contributed by atoms with Crippen molar-refractivity contribution in [2.24, 2.45) is 17.2 Å². The number of unbranched alkanes of at least 4 members (excludes halogenated alkanes) is 9. The average molecular weight is 1190 g/mol. The van der Waals surface area contributed by atoms with Gasteiger partial charge in [-0.15, -0.1) is 11.6 Å². The molecule has 82 heavy (non-hydrogen) atoms. The lowest BCUT2D eigenvalue weighted by atomic mass is 10.0. The van der Waals surface area contributed by atoms with Crippen molar-refractivity contribution in [2.45, 2.75) is 203 Å². The molecule has 0 aromatic rings. The van der Waals surface area contributed by atoms with Crippen molar-refractivity contribution in [3.63, 3.8) is 0 Å². The zero-order valence-electron chi connectivity index (χ0n) is 46.7. The standard InChI is InChI=1S/C51H85ClN12O18/c1-4-6-7-8-9-10-11-12-13-16-28(66)23-36(68)56-34-26-81-51(80)39(35(67)25-52)63-49(77)40-41(50(78)79)82-37(69)24-33(61-44(72)31(18-21-54)60-47(34)75)46(74)58-30(17-14-15-20-53)43(71)59-32(19-22-55)45(73)62-38(27(3)65)48(76)57-29(5-2)42(70)64-40/h5,27-28,30-35,38-41,65-67H,4,6-26,53-55H2,1-3H3,(H,56,68)(H,57,76)(H,58,74)(H,59,71)(H,60,75)(H,61,72)(H,62,73)(H,63,77)(H,64,70)(H,78,79)/b29-5-/t27-,28+,30-,31+,32-,33+,34-,35?,38?,39-,40?,41-/m0/s1. The number of hydrogen-bond acceptors (Lipinski definition) is 20. The predicted molar refractivity (Wildman–Crippen MR) is 292 cm³/mol. The molecule has 0 aromatic carbocycles. The van der Waals surface area contributed by atoms with Crippen LogP contribution in [-0.2, 0) is 67.0 Å². The van der Waals surface area contributed by atoms with Crippen LogP contribution in [0.4, 0.5) is 0 Å². The molecule has 2 saturated heterocycles. The molecule has 31 heteroatoms. The number of carbonyl (C=O) groups excluding carboxylic acids is 11. The van der Waals surface area contributed by atoms with E-state index in [-0.39, 0.29) is 51.7 Å². The number of aliphatic carboxylic acids is 1. The van der Waals surface area contributed by atoms with E-state index in [1.165, 1.54) is 6.92 Å². The molecule has 30 nitrogen and oxygen atoms in total. The molecule has 0 spiro atoms. The Balaban J connectivity index is 2.89. The third-order valence-electron chi connectivity index (χ3n) is 13.2. The smallest absolute Gasteiger partial charge is 0.347 e. The molecule has 0 saturated carbocycles. The summed E-state index contributed by atoms with van der Waals surface area (Å²) in [5.41, 5.74) is 16.5. The summed E-state index contributed by atoms with van der Waals surface area (Å²) in [4.78, 5) is 167. The molecular weight excluding hydrogens is 1100 g/mol. The van der Waals surface area contributed by atoms with Gasteiger partial charge in [0.05, 0.1) is 37.0 Å². The Morgan fingerprint density at radius 1 is 0.671 bits per heavy atom. The number of carbonyl (C=O) groups is 12. The Morgan fingerprint density at radius 2 is 1.22 bits per heavy atom. The lowest BCUT2D eigenvalue weighted by molar-refractivity contribution is -0.169. The Morgan fingerprint density at radius 3 is 1.78 bits per heavy atom. The molecule has 3 unspecified atom stereocenters. The largest absolute Gasteiger partial charge is 0.478 e. The van der Waals surface area contributed by atoms with E-state index in [4.69, 9.17) is 38.3 Å². The van der Waals surface area contributed by atoms with Gasteiger partial charge in [0.25, 0.3) is 5.91 Å². The van der Waals surface area contributed by atoms with Gasteiger partial charge in [0.15, 0.2) is 12.1 Å². The molecule has 2 aliphatic heterocycles. The average Bonchev–Trinajstić information content (AvgIpc) is 3.43. The van der Waals surface area contributed by atoms with Gasteiger partial charge in [-0.3, -0.25) is 47.9 Å². The monoisotopic (exact) mass is 1190 g/mol. The van der Waals surface area contributed by atoms with Crippen molar-refractivity contribution >= 4 is 82.7 Å². The fraction of sp³-hybridized carbons (Fsp3) is 0.725. The molecule has 464 valence electrons. The van der Waals surface area contributed by atoms with Crippen molar-refractivity contribution < 1.29 is 87.4 Å². The zero-order valence-corrected chi connectivity index (χ0v) is 47.4. The van der Waals surface area contributed by atoms with Crippen LogP contribution in [0, 0.1) is 0 Å². The maximum atomic E-state index is 14.4. The second-order valence-corrected chi connectivity index (χ2v) is 20.2. The molecule has 2 fully saturated rings. The van der Waals surface area contributed by atoms with Gasteiger partial charge in [0.1, 0.15) is 48.6 Å². The number of amides is 9. The topological polar surface area (TPSA) is 491 Å². The summed E-state index contributed by atoms with van der Waals surface area (Å²) in [5, 5.41) is 63.1. The molecule has 2 aliphatic rings. The van der Waals surface area contributed by atoms with E-state index in [1.54, 1.807) is 0 Å². The second kappa shape index (κ2) is 38.3. The first-order valence-corrected chi connectivity index (χ1v) is 28.2. The molecule has 0 aromatic heterocycles. The molecule has 2 bridgehead atoms. The number of alkyl halides is 1. The number of aliphatic hydroxyl groups is 3. The van der Waals surface area contributed by atoms with Gasteiger partial charge in [-0.25, -0.2) is 9.59 Å². The molecule has 0 aliphatic carbocycles. The third kappa shape index (κ3) is 24.9. The van der Waals surface area contributed by atoms with E-state index < -0.39 is 181 Å². The SMILES string of the molecule is C/C=C1\NC(=O)C([C@H](C)O)NC(=O)[C@H](CCN)NC(=O)[C@H](CCCCN)NC(=O)[C@H]2CC(=O)O[C@H](C(=O)O)C(NC1=O)C(=O)N[C@@H](C(O)CCl)C(=O)OC[C@H](NC(=O)C[C@H](O)CCCCCCCCCCC)C(=O)N[C@H](CCN)C(=O)N2. The number of carboxylic acid groups (broad SMARTS) is 1. The number of fused-ring (bicyclic) bond motifs is 5.